The van der Waals surface area contributed by atoms with Crippen molar-refractivity contribution in [2.75, 3.05) is 0 Å². The standard InChI is InChI=1S/C7H8N2O/c1-9-6-7(5-8-9)3-2-4-10/h2-6H,1H3. The maximum absolute atomic E-state index is 9.87. The fraction of sp³-hybridized carbons (Fsp3) is 0.143. The first kappa shape index (κ1) is 6.74. The van der Waals surface area contributed by atoms with Crippen LogP contribution in [0.2, 0.25) is 0 Å². The van der Waals surface area contributed by atoms with E-state index in [4.69, 9.17) is 0 Å². The van der Waals surface area contributed by atoms with Gasteiger partial charge < -0.3 is 0 Å². The molecule has 0 atom stereocenters. The van der Waals surface area contributed by atoms with Crippen molar-refractivity contribution < 1.29 is 4.79 Å². The topological polar surface area (TPSA) is 34.9 Å². The van der Waals surface area contributed by atoms with Crippen LogP contribution in [0.15, 0.2) is 18.5 Å². The summed E-state index contributed by atoms with van der Waals surface area (Å²) in [6.07, 6.45) is 7.42. The molecule has 0 aliphatic heterocycles. The Balaban J connectivity index is 2.75. The van der Waals surface area contributed by atoms with Gasteiger partial charge in [0.05, 0.1) is 6.20 Å². The Hall–Kier alpha value is -1.38. The van der Waals surface area contributed by atoms with E-state index in [0.29, 0.717) is 0 Å². The van der Waals surface area contributed by atoms with Gasteiger partial charge in [0, 0.05) is 18.8 Å². The molecular weight excluding hydrogens is 128 g/mol. The Morgan fingerprint density at radius 2 is 2.50 bits per heavy atom. The summed E-state index contributed by atoms with van der Waals surface area (Å²) in [6, 6.07) is 0. The number of hydrogen-bond donors (Lipinski definition) is 0. The summed E-state index contributed by atoms with van der Waals surface area (Å²) in [5.74, 6) is 0. The first-order valence-corrected chi connectivity index (χ1v) is 2.93. The lowest BCUT2D eigenvalue weighted by Crippen LogP contribution is -1.83. The molecule has 0 spiro atoms. The molecule has 1 rings (SSSR count). The maximum atomic E-state index is 9.87. The van der Waals surface area contributed by atoms with Crippen molar-refractivity contribution in [3.05, 3.63) is 24.0 Å². The van der Waals surface area contributed by atoms with Crippen LogP contribution in [0, 0.1) is 0 Å². The van der Waals surface area contributed by atoms with Crippen molar-refractivity contribution in [1.82, 2.24) is 9.78 Å². The molecule has 0 aliphatic rings. The number of aryl methyl sites for hydroxylation is 1. The van der Waals surface area contributed by atoms with Crippen molar-refractivity contribution in [2.45, 2.75) is 0 Å². The van der Waals surface area contributed by atoms with E-state index in [-0.39, 0.29) is 0 Å². The van der Waals surface area contributed by atoms with Crippen LogP contribution in [-0.2, 0) is 11.8 Å². The first-order valence-electron chi connectivity index (χ1n) is 2.93. The van der Waals surface area contributed by atoms with Crippen molar-refractivity contribution in [3.8, 4) is 0 Å². The molecule has 3 nitrogen and oxygen atoms in total. The SMILES string of the molecule is Cn1cc(C=CC=O)cn1. The molecular formula is C7H8N2O. The minimum Gasteiger partial charge on any atom is -0.299 e. The van der Waals surface area contributed by atoms with Crippen LogP contribution < -0.4 is 0 Å². The third kappa shape index (κ3) is 1.55. The monoisotopic (exact) mass is 136 g/mol. The van der Waals surface area contributed by atoms with Gasteiger partial charge in [-0.1, -0.05) is 0 Å². The van der Waals surface area contributed by atoms with Crippen molar-refractivity contribution in [1.29, 1.82) is 0 Å². The second-order valence-corrected chi connectivity index (χ2v) is 1.94. The average molecular weight is 136 g/mol. The second-order valence-electron chi connectivity index (χ2n) is 1.94. The van der Waals surface area contributed by atoms with Gasteiger partial charge in [0.25, 0.3) is 0 Å². The lowest BCUT2D eigenvalue weighted by Gasteiger charge is -1.80. The Morgan fingerprint density at radius 1 is 1.70 bits per heavy atom. The fourth-order valence-corrected chi connectivity index (χ4v) is 0.677. The average Bonchev–Trinajstić information content (AvgIpc) is 2.31. The highest BCUT2D eigenvalue weighted by Crippen LogP contribution is 1.97. The minimum absolute atomic E-state index is 0.743. The summed E-state index contributed by atoms with van der Waals surface area (Å²) in [5, 5.41) is 3.92. The van der Waals surface area contributed by atoms with E-state index in [1.807, 2.05) is 13.2 Å². The van der Waals surface area contributed by atoms with Gasteiger partial charge in [-0.3, -0.25) is 9.48 Å². The quantitative estimate of drug-likeness (QED) is 0.441. The molecule has 52 valence electrons. The van der Waals surface area contributed by atoms with Crippen LogP contribution >= 0.6 is 0 Å². The zero-order valence-electron chi connectivity index (χ0n) is 5.69. The van der Waals surface area contributed by atoms with Crippen molar-refractivity contribution >= 4 is 12.4 Å². The molecule has 0 radical (unpaired) electrons. The normalized spacial score (nSPS) is 10.5. The summed E-state index contributed by atoms with van der Waals surface area (Å²) in [7, 11) is 1.83. The van der Waals surface area contributed by atoms with E-state index >= 15 is 0 Å². The highest BCUT2D eigenvalue weighted by molar-refractivity contribution is 5.73. The number of rotatable bonds is 2. The molecule has 3 heteroatoms. The van der Waals surface area contributed by atoms with Gasteiger partial charge in [-0.05, 0) is 12.2 Å². The largest absolute Gasteiger partial charge is 0.299 e. The summed E-state index contributed by atoms with van der Waals surface area (Å²) < 4.78 is 1.68. The van der Waals surface area contributed by atoms with Gasteiger partial charge in [-0.2, -0.15) is 5.10 Å². The van der Waals surface area contributed by atoms with E-state index in [1.54, 1.807) is 17.0 Å². The smallest absolute Gasteiger partial charge is 0.142 e. The molecule has 10 heavy (non-hydrogen) atoms. The number of carbonyl (C=O) groups excluding carboxylic acids is 1. The minimum atomic E-state index is 0.743. The predicted molar refractivity (Wildman–Crippen MR) is 38.3 cm³/mol. The number of carbonyl (C=O) groups is 1. The third-order valence-electron chi connectivity index (χ3n) is 1.09. The Labute approximate surface area is 59.0 Å². The Morgan fingerprint density at radius 3 is 3.00 bits per heavy atom. The highest BCUT2D eigenvalue weighted by Gasteiger charge is 1.86. The fourth-order valence-electron chi connectivity index (χ4n) is 0.677. The molecule has 0 saturated carbocycles. The predicted octanol–water partition coefficient (Wildman–Crippen LogP) is 0.632. The van der Waals surface area contributed by atoms with Crippen LogP contribution in [0.5, 0.6) is 0 Å². The molecule has 0 aromatic carbocycles. The molecule has 1 aromatic heterocycles. The number of nitrogens with zero attached hydrogens (tertiary/aromatic N) is 2. The Bertz CT molecular complexity index is 250. The van der Waals surface area contributed by atoms with Gasteiger partial charge in [0.2, 0.25) is 0 Å². The maximum Gasteiger partial charge on any atom is 0.142 e. The van der Waals surface area contributed by atoms with Crippen molar-refractivity contribution in [2.24, 2.45) is 7.05 Å². The lowest BCUT2D eigenvalue weighted by atomic mass is 10.3. The van der Waals surface area contributed by atoms with Crippen LogP contribution in [0.3, 0.4) is 0 Å². The van der Waals surface area contributed by atoms with Gasteiger partial charge in [0.1, 0.15) is 6.29 Å². The Kier molecular flexibility index (Phi) is 1.99. The third-order valence-corrected chi connectivity index (χ3v) is 1.09. The molecule has 1 aromatic rings. The van der Waals surface area contributed by atoms with E-state index in [9.17, 15) is 4.79 Å². The molecule has 0 bridgehead atoms. The van der Waals surface area contributed by atoms with E-state index < -0.39 is 0 Å². The van der Waals surface area contributed by atoms with E-state index in [0.717, 1.165) is 11.8 Å². The van der Waals surface area contributed by atoms with Gasteiger partial charge in [0.15, 0.2) is 0 Å². The molecule has 0 saturated heterocycles. The lowest BCUT2D eigenvalue weighted by molar-refractivity contribution is -0.104. The number of aromatic nitrogens is 2. The molecule has 0 fully saturated rings. The summed E-state index contributed by atoms with van der Waals surface area (Å²) in [6.45, 7) is 0. The first-order chi connectivity index (χ1) is 4.83. The molecule has 0 amide bonds. The summed E-state index contributed by atoms with van der Waals surface area (Å²) in [4.78, 5) is 9.87. The van der Waals surface area contributed by atoms with Crippen LogP contribution in [-0.4, -0.2) is 16.1 Å². The highest BCUT2D eigenvalue weighted by atomic mass is 16.1. The second kappa shape index (κ2) is 2.96. The van der Waals surface area contributed by atoms with Gasteiger partial charge in [-0.25, -0.2) is 0 Å². The van der Waals surface area contributed by atoms with E-state index in [2.05, 4.69) is 5.10 Å². The summed E-state index contributed by atoms with van der Waals surface area (Å²) >= 11 is 0. The van der Waals surface area contributed by atoms with Gasteiger partial charge >= 0.3 is 0 Å². The van der Waals surface area contributed by atoms with E-state index in [1.165, 1.54) is 6.08 Å². The van der Waals surface area contributed by atoms with Crippen LogP contribution in [0.4, 0.5) is 0 Å². The van der Waals surface area contributed by atoms with Crippen molar-refractivity contribution in [3.63, 3.8) is 0 Å². The van der Waals surface area contributed by atoms with Crippen LogP contribution in [0.1, 0.15) is 5.56 Å². The molecule has 1 heterocycles. The van der Waals surface area contributed by atoms with Crippen LogP contribution in [0.25, 0.3) is 6.08 Å². The molecule has 0 aliphatic carbocycles. The number of allylic oxidation sites excluding steroid dienone is 1. The molecule has 0 unspecified atom stereocenters. The number of hydrogen-bond acceptors (Lipinski definition) is 2. The molecule has 0 N–H and O–H groups in total. The zero-order chi connectivity index (χ0) is 7.40. The summed E-state index contributed by atoms with van der Waals surface area (Å²) in [5.41, 5.74) is 0.939. The van der Waals surface area contributed by atoms with Gasteiger partial charge in [-0.15, -0.1) is 0 Å². The zero-order valence-corrected chi connectivity index (χ0v) is 5.69. The number of aldehydes is 1.